The molecule has 15 atom stereocenters. The van der Waals surface area contributed by atoms with E-state index in [2.05, 4.69) is 0 Å². The molecular weight excluding hydrogens is 624 g/mol. The number of rotatable bonds is 15. The Morgan fingerprint density at radius 1 is 0.622 bits per heavy atom. The molecule has 21 heteroatoms. The molecule has 21 nitrogen and oxygen atoms in total. The Morgan fingerprint density at radius 3 is 1.31 bits per heavy atom. The van der Waals surface area contributed by atoms with Gasteiger partial charge in [0.1, 0.15) is 79.4 Å². The molecule has 1 aliphatic rings. The van der Waals surface area contributed by atoms with Crippen LogP contribution < -0.4 is 0 Å². The zero-order valence-corrected chi connectivity index (χ0v) is 24.3. The first-order chi connectivity index (χ1) is 20.8. The molecule has 18 N–H and O–H groups in total. The van der Waals surface area contributed by atoms with E-state index < -0.39 is 105 Å². The van der Waals surface area contributed by atoms with E-state index in [1.165, 1.54) is 6.92 Å². The predicted molar refractivity (Wildman–Crippen MR) is 145 cm³/mol. The number of carbonyl (C=O) groups excluding carboxylic acids is 2. The van der Waals surface area contributed by atoms with E-state index in [4.69, 9.17) is 96.7 Å². The lowest BCUT2D eigenvalue weighted by molar-refractivity contribution is -0.195. The molecule has 0 bridgehead atoms. The first-order valence-electron chi connectivity index (χ1n) is 13.3. The summed E-state index contributed by atoms with van der Waals surface area (Å²) in [5.41, 5.74) is 0. The fourth-order valence-corrected chi connectivity index (χ4v) is 2.89. The summed E-state index contributed by atoms with van der Waals surface area (Å²) in [6.45, 7) is -0.738. The molecule has 0 saturated carbocycles. The lowest BCUT2D eigenvalue weighted by Gasteiger charge is -2.34. The number of carbonyl (C=O) groups is 2. The highest BCUT2D eigenvalue weighted by Crippen LogP contribution is 2.14. The summed E-state index contributed by atoms with van der Waals surface area (Å²) in [7, 11) is 0. The minimum absolute atomic E-state index is 0.0258. The van der Waals surface area contributed by atoms with Crippen molar-refractivity contribution < 1.29 is 106 Å². The second-order valence-corrected chi connectivity index (χ2v) is 9.63. The predicted octanol–water partition coefficient (Wildman–Crippen LogP) is -10.8. The highest BCUT2D eigenvalue weighted by atomic mass is 16.5. The molecule has 0 aromatic heterocycles. The Morgan fingerprint density at radius 2 is 1.02 bits per heavy atom. The van der Waals surface area contributed by atoms with Gasteiger partial charge in [0.15, 0.2) is 12.6 Å². The molecular formula is C24H50O21. The maximum absolute atomic E-state index is 9.90. The normalized spacial score (nSPS) is 26.9. The number of ether oxygens (including phenoxy) is 1. The fraction of sp³-hybridized carbons (Fsp3) is 0.917. The number of hydrogen-bond acceptors (Lipinski definition) is 21. The molecule has 272 valence electrons. The lowest BCUT2D eigenvalue weighted by atomic mass is 10.0. The average Bonchev–Trinajstić information content (AvgIpc) is 3.04. The second-order valence-electron chi connectivity index (χ2n) is 9.63. The highest BCUT2D eigenvalue weighted by molar-refractivity contribution is 5.57. The molecule has 1 aliphatic heterocycles. The van der Waals surface area contributed by atoms with Crippen molar-refractivity contribution in [3.05, 3.63) is 0 Å². The molecule has 0 aliphatic carbocycles. The molecule has 45 heavy (non-hydrogen) atoms. The monoisotopic (exact) mass is 674 g/mol. The summed E-state index contributed by atoms with van der Waals surface area (Å²) in [4.78, 5) is 19.8. The van der Waals surface area contributed by atoms with Crippen LogP contribution in [0.2, 0.25) is 0 Å². The van der Waals surface area contributed by atoms with E-state index in [9.17, 15) is 9.59 Å². The van der Waals surface area contributed by atoms with Gasteiger partial charge in [-0.05, 0) is 13.3 Å². The van der Waals surface area contributed by atoms with Gasteiger partial charge in [0, 0.05) is 6.61 Å². The quantitative estimate of drug-likeness (QED) is 0.0716. The Hall–Kier alpha value is -1.42. The smallest absolute Gasteiger partial charge is 0.151 e. The van der Waals surface area contributed by atoms with Crippen LogP contribution in [0.25, 0.3) is 0 Å². The molecule has 0 spiro atoms. The topological polar surface area (TPSA) is 408 Å². The van der Waals surface area contributed by atoms with Crippen LogP contribution in [0.15, 0.2) is 0 Å². The minimum atomic E-state index is -1.79. The van der Waals surface area contributed by atoms with Gasteiger partial charge in [-0.3, -0.25) is 0 Å². The van der Waals surface area contributed by atoms with Crippen LogP contribution >= 0.6 is 0 Å². The average molecular weight is 675 g/mol. The van der Waals surface area contributed by atoms with Gasteiger partial charge in [0.25, 0.3) is 0 Å². The van der Waals surface area contributed by atoms with Crippen molar-refractivity contribution in [3.8, 4) is 0 Å². The Kier molecular flexibility index (Phi) is 28.4. The minimum Gasteiger partial charge on any atom is -0.396 e. The third kappa shape index (κ3) is 19.1. The van der Waals surface area contributed by atoms with Crippen LogP contribution in [0, 0.1) is 0 Å². The van der Waals surface area contributed by atoms with Crippen molar-refractivity contribution >= 4 is 12.6 Å². The van der Waals surface area contributed by atoms with Crippen molar-refractivity contribution in [1.82, 2.24) is 0 Å². The highest BCUT2D eigenvalue weighted by Gasteiger charge is 2.37. The Bertz CT molecular complexity index is 684. The van der Waals surface area contributed by atoms with Gasteiger partial charge >= 0.3 is 0 Å². The largest absolute Gasteiger partial charge is 0.396 e. The van der Waals surface area contributed by atoms with Crippen LogP contribution in [0.4, 0.5) is 0 Å². The van der Waals surface area contributed by atoms with Crippen molar-refractivity contribution in [1.29, 1.82) is 0 Å². The fourth-order valence-electron chi connectivity index (χ4n) is 2.89. The third-order valence-corrected chi connectivity index (χ3v) is 5.94. The molecule has 1 heterocycles. The molecule has 13 unspecified atom stereocenters. The first kappa shape index (κ1) is 48.0. The van der Waals surface area contributed by atoms with E-state index >= 15 is 0 Å². The second kappa shape index (κ2) is 26.6. The standard InChI is InChI=1S/2C6H12O6.C6H12O5.C6H14O4/c2*7-1-3(9)5(11)6(12)4(10)2-8;7-1-4-6(10)5(9)3(8)2-11-4;1-4(8)6(10)5(9)2-3-7/h2*1,3-6,8-12H,2H2;3-10H,1-2H2;4-10H,2-3H2,1H3/t;;3?,4?,5-,6-;/m..1./s1. The van der Waals surface area contributed by atoms with Gasteiger partial charge in [-0.25, -0.2) is 0 Å². The Balaban J connectivity index is -0.000000524. The summed E-state index contributed by atoms with van der Waals surface area (Å²) in [6, 6.07) is 0. The van der Waals surface area contributed by atoms with E-state index in [0.717, 1.165) is 0 Å². The van der Waals surface area contributed by atoms with Gasteiger partial charge in [-0.15, -0.1) is 0 Å². The maximum atomic E-state index is 9.90. The summed E-state index contributed by atoms with van der Waals surface area (Å²) in [5.74, 6) is 0. The molecule has 1 fully saturated rings. The number of hydrogen-bond donors (Lipinski definition) is 18. The zero-order chi connectivity index (χ0) is 36.0. The van der Waals surface area contributed by atoms with Crippen molar-refractivity contribution in [2.24, 2.45) is 0 Å². The van der Waals surface area contributed by atoms with Crippen molar-refractivity contribution in [2.45, 2.75) is 105 Å². The molecule has 1 rings (SSSR count). The Labute approximate surface area is 257 Å². The molecule has 0 aromatic rings. The summed E-state index contributed by atoms with van der Waals surface area (Å²) in [5, 5.41) is 158. The SMILES string of the molecule is CC(O)C(O)C(O)CCO.O=CC(O)C(O)C(O)C(O)CO.O=CC(O)C(O)C(O)C(O)CO.OCC1OCC(O)[C@@H](O)[C@@H]1O. The van der Waals surface area contributed by atoms with E-state index in [1.807, 2.05) is 0 Å². The zero-order valence-electron chi connectivity index (χ0n) is 24.3. The molecule has 0 amide bonds. The molecule has 0 aromatic carbocycles. The van der Waals surface area contributed by atoms with Gasteiger partial charge in [-0.1, -0.05) is 0 Å². The number of aliphatic hydroxyl groups is 18. The summed E-state index contributed by atoms with van der Waals surface area (Å²) in [6.07, 6.45) is -21.0. The van der Waals surface area contributed by atoms with E-state index in [0.29, 0.717) is 0 Å². The van der Waals surface area contributed by atoms with Crippen molar-refractivity contribution in [2.75, 3.05) is 33.0 Å². The van der Waals surface area contributed by atoms with Crippen LogP contribution in [0.3, 0.4) is 0 Å². The third-order valence-electron chi connectivity index (χ3n) is 5.94. The van der Waals surface area contributed by atoms with Crippen molar-refractivity contribution in [3.63, 3.8) is 0 Å². The summed E-state index contributed by atoms with van der Waals surface area (Å²) < 4.78 is 4.81. The molecule has 0 radical (unpaired) electrons. The van der Waals surface area contributed by atoms with Gasteiger partial charge < -0.3 is 106 Å². The van der Waals surface area contributed by atoms with Crippen LogP contribution in [0.1, 0.15) is 13.3 Å². The summed E-state index contributed by atoms with van der Waals surface area (Å²) >= 11 is 0. The molecule has 1 saturated heterocycles. The van der Waals surface area contributed by atoms with Crippen LogP contribution in [-0.2, 0) is 14.3 Å². The maximum Gasteiger partial charge on any atom is 0.151 e. The lowest BCUT2D eigenvalue weighted by Crippen LogP contribution is -2.53. The van der Waals surface area contributed by atoms with Gasteiger partial charge in [0.2, 0.25) is 0 Å². The van der Waals surface area contributed by atoms with Gasteiger partial charge in [0.05, 0.1) is 38.6 Å². The van der Waals surface area contributed by atoms with E-state index in [-0.39, 0.29) is 38.8 Å². The van der Waals surface area contributed by atoms with E-state index in [1.54, 1.807) is 0 Å². The number of aldehydes is 2. The number of aliphatic hydroxyl groups excluding tert-OH is 18. The van der Waals surface area contributed by atoms with Gasteiger partial charge in [-0.2, -0.15) is 0 Å². The van der Waals surface area contributed by atoms with Crippen LogP contribution in [-0.4, -0.2) is 229 Å². The first-order valence-corrected chi connectivity index (χ1v) is 13.3. The van der Waals surface area contributed by atoms with Crippen LogP contribution in [0.5, 0.6) is 0 Å².